The third-order valence-electron chi connectivity index (χ3n) is 4.47. The zero-order chi connectivity index (χ0) is 14.1. The van der Waals surface area contributed by atoms with E-state index in [-0.39, 0.29) is 11.4 Å². The smallest absolute Gasteiger partial charge is 0.370 e. The minimum absolute atomic E-state index is 0.247. The highest BCUT2D eigenvalue weighted by molar-refractivity contribution is 5.76. The van der Waals surface area contributed by atoms with Gasteiger partial charge in [0.2, 0.25) is 0 Å². The molecule has 2 aliphatic carbocycles. The molecule has 7 heteroatoms. The van der Waals surface area contributed by atoms with E-state index in [9.17, 15) is 0 Å². The Bertz CT molecular complexity index is 357. The first-order valence-corrected chi connectivity index (χ1v) is 6.03. The van der Waals surface area contributed by atoms with Gasteiger partial charge in [-0.1, -0.05) is 20.8 Å². The molecular weight excluding hydrogens is 236 g/mol. The van der Waals surface area contributed by atoms with Crippen molar-refractivity contribution in [1.82, 2.24) is 0 Å². The van der Waals surface area contributed by atoms with Crippen LogP contribution < -0.4 is 11.5 Å². The van der Waals surface area contributed by atoms with Crippen molar-refractivity contribution < 1.29 is 15.5 Å². The maximum atomic E-state index is 8.47. The van der Waals surface area contributed by atoms with Crippen LogP contribution in [0.15, 0.2) is 4.99 Å². The van der Waals surface area contributed by atoms with Crippen LogP contribution in [-0.4, -0.2) is 27.5 Å². The number of guanidine groups is 1. The largest absolute Gasteiger partial charge is 0.472 e. The summed E-state index contributed by atoms with van der Waals surface area (Å²) in [6.45, 7) is 6.94. The Labute approximate surface area is 106 Å². The van der Waals surface area contributed by atoms with Gasteiger partial charge in [0.15, 0.2) is 5.96 Å². The lowest BCUT2D eigenvalue weighted by Crippen LogP contribution is -2.41. The van der Waals surface area contributed by atoms with Gasteiger partial charge in [0.25, 0.3) is 0 Å². The normalized spacial score (nSPS) is 35.5. The first-order chi connectivity index (χ1) is 8.09. The minimum atomic E-state index is -1.25. The van der Waals surface area contributed by atoms with Crippen molar-refractivity contribution in [2.24, 2.45) is 33.2 Å². The standard InChI is InChI=1S/C11H21N3.H2NO3/c1-10(2)7-4-5-11(3,6-7)8(10)14-9(12)13;2-1(3)4/h7-8H,4-6H2,1-3H3,(H4,12,13,14);(H2,2,3,4)/q;+1. The van der Waals surface area contributed by atoms with E-state index in [2.05, 4.69) is 25.8 Å². The van der Waals surface area contributed by atoms with Crippen molar-refractivity contribution in [2.45, 2.75) is 46.1 Å². The molecule has 0 spiro atoms. The van der Waals surface area contributed by atoms with Crippen LogP contribution in [0.25, 0.3) is 0 Å². The Hall–Kier alpha value is -1.53. The average Bonchev–Trinajstić information content (AvgIpc) is 2.63. The number of nitrogens with zero attached hydrogens (tertiary/aromatic N) is 2. The molecule has 0 radical (unpaired) electrons. The van der Waals surface area contributed by atoms with Gasteiger partial charge in [-0.15, -0.1) is 0 Å². The maximum absolute atomic E-state index is 8.47. The van der Waals surface area contributed by atoms with Crippen LogP contribution in [0.1, 0.15) is 40.0 Å². The Morgan fingerprint density at radius 1 is 1.33 bits per heavy atom. The molecule has 2 aliphatic rings. The number of nitrogens with two attached hydrogens (primary N) is 2. The lowest BCUT2D eigenvalue weighted by atomic mass is 9.69. The number of aliphatic imine (C=N–C) groups is 1. The van der Waals surface area contributed by atoms with E-state index < -0.39 is 5.09 Å². The summed E-state index contributed by atoms with van der Waals surface area (Å²) in [5.41, 5.74) is 11.6. The molecule has 104 valence electrons. The van der Waals surface area contributed by atoms with Crippen LogP contribution in [0.4, 0.5) is 0 Å². The molecule has 2 bridgehead atoms. The number of hydrogen-bond donors (Lipinski definition) is 4. The molecule has 18 heavy (non-hydrogen) atoms. The summed E-state index contributed by atoms with van der Waals surface area (Å²) in [5, 5.41) is 12.5. The van der Waals surface area contributed by atoms with Gasteiger partial charge in [-0.2, -0.15) is 0 Å². The van der Waals surface area contributed by atoms with Crippen LogP contribution in [0.2, 0.25) is 0 Å². The molecule has 2 rings (SSSR count). The van der Waals surface area contributed by atoms with E-state index in [0.29, 0.717) is 11.5 Å². The van der Waals surface area contributed by atoms with Gasteiger partial charge in [-0.25, -0.2) is 15.4 Å². The van der Waals surface area contributed by atoms with Crippen LogP contribution in [0.5, 0.6) is 0 Å². The molecule has 6 N–H and O–H groups in total. The van der Waals surface area contributed by atoms with Crippen molar-refractivity contribution >= 4 is 5.96 Å². The highest BCUT2D eigenvalue weighted by Crippen LogP contribution is 2.63. The van der Waals surface area contributed by atoms with Gasteiger partial charge in [-0.3, -0.25) is 0 Å². The monoisotopic (exact) mass is 259 g/mol. The van der Waals surface area contributed by atoms with Crippen LogP contribution in [-0.2, 0) is 0 Å². The van der Waals surface area contributed by atoms with E-state index in [4.69, 9.17) is 26.8 Å². The van der Waals surface area contributed by atoms with Crippen molar-refractivity contribution in [3.63, 3.8) is 0 Å². The van der Waals surface area contributed by atoms with Crippen LogP contribution in [0.3, 0.4) is 0 Å². The fourth-order valence-electron chi connectivity index (χ4n) is 3.75. The number of hydrogen-bond acceptors (Lipinski definition) is 2. The van der Waals surface area contributed by atoms with Gasteiger partial charge in [0.05, 0.1) is 6.04 Å². The molecule has 2 fully saturated rings. The molecule has 0 heterocycles. The Kier molecular flexibility index (Phi) is 3.73. The molecular formula is C11H23N4O3+. The van der Waals surface area contributed by atoms with E-state index in [1.54, 1.807) is 0 Å². The lowest BCUT2D eigenvalue weighted by molar-refractivity contribution is -0.969. The molecule has 2 saturated carbocycles. The van der Waals surface area contributed by atoms with Crippen molar-refractivity contribution in [3.05, 3.63) is 4.91 Å². The van der Waals surface area contributed by atoms with Gasteiger partial charge in [0.1, 0.15) is 4.91 Å². The highest BCUT2D eigenvalue weighted by Gasteiger charge is 2.59. The second-order valence-corrected chi connectivity index (χ2v) is 6.12. The molecule has 0 aromatic carbocycles. The lowest BCUT2D eigenvalue weighted by Gasteiger charge is -2.40. The average molecular weight is 259 g/mol. The summed E-state index contributed by atoms with van der Waals surface area (Å²) in [6, 6.07) is 0.318. The molecule has 3 atom stereocenters. The first kappa shape index (κ1) is 14.5. The van der Waals surface area contributed by atoms with E-state index in [1.807, 2.05) is 0 Å². The van der Waals surface area contributed by atoms with E-state index in [1.165, 1.54) is 19.3 Å². The fraction of sp³-hybridized carbons (Fsp3) is 0.909. The summed E-state index contributed by atoms with van der Waals surface area (Å²) >= 11 is 0. The molecule has 3 unspecified atom stereocenters. The second kappa shape index (κ2) is 4.62. The van der Waals surface area contributed by atoms with Gasteiger partial charge < -0.3 is 11.5 Å². The summed E-state index contributed by atoms with van der Waals surface area (Å²) in [7, 11) is 0. The number of rotatable bonds is 1. The summed E-state index contributed by atoms with van der Waals surface area (Å²) in [5.74, 6) is 1.05. The summed E-state index contributed by atoms with van der Waals surface area (Å²) in [6.07, 6.45) is 3.92. The second-order valence-electron chi connectivity index (χ2n) is 6.12. The van der Waals surface area contributed by atoms with Crippen molar-refractivity contribution in [2.75, 3.05) is 0 Å². The van der Waals surface area contributed by atoms with Gasteiger partial charge in [0, 0.05) is 0 Å². The zero-order valence-corrected chi connectivity index (χ0v) is 11.1. The molecule has 0 aromatic heterocycles. The summed E-state index contributed by atoms with van der Waals surface area (Å²) in [4.78, 5) is 12.9. The third kappa shape index (κ3) is 2.65. The Balaban J connectivity index is 0.000000357. The quantitative estimate of drug-likeness (QED) is 0.318. The number of fused-ring (bicyclic) bond motifs is 2. The van der Waals surface area contributed by atoms with Crippen LogP contribution in [0, 0.1) is 21.7 Å². The fourth-order valence-corrected chi connectivity index (χ4v) is 3.75. The highest BCUT2D eigenvalue weighted by atomic mass is 16.9. The molecule has 0 amide bonds. The minimum Gasteiger partial charge on any atom is -0.370 e. The van der Waals surface area contributed by atoms with E-state index in [0.717, 1.165) is 5.92 Å². The maximum Gasteiger partial charge on any atom is 0.472 e. The van der Waals surface area contributed by atoms with Gasteiger partial charge >= 0.3 is 5.09 Å². The SMILES string of the molecule is CC12CCC(C1)C(C)(C)C2N=C(N)N.O=[N+](O)O. The summed E-state index contributed by atoms with van der Waals surface area (Å²) < 4.78 is 0. The third-order valence-corrected chi connectivity index (χ3v) is 4.47. The first-order valence-electron chi connectivity index (χ1n) is 6.03. The molecule has 0 aromatic rings. The van der Waals surface area contributed by atoms with Crippen molar-refractivity contribution in [3.8, 4) is 0 Å². The van der Waals surface area contributed by atoms with Crippen LogP contribution >= 0.6 is 0 Å². The Morgan fingerprint density at radius 3 is 2.17 bits per heavy atom. The van der Waals surface area contributed by atoms with Crippen molar-refractivity contribution in [1.29, 1.82) is 0 Å². The Morgan fingerprint density at radius 2 is 1.83 bits per heavy atom. The molecule has 0 saturated heterocycles. The topological polar surface area (TPSA) is 125 Å². The molecule has 7 nitrogen and oxygen atoms in total. The predicted molar refractivity (Wildman–Crippen MR) is 66.0 cm³/mol. The van der Waals surface area contributed by atoms with E-state index >= 15 is 0 Å². The predicted octanol–water partition coefficient (Wildman–Crippen LogP) is 1.02. The zero-order valence-electron chi connectivity index (χ0n) is 11.1. The van der Waals surface area contributed by atoms with Gasteiger partial charge in [-0.05, 0) is 36.0 Å². The molecule has 0 aliphatic heterocycles.